The van der Waals surface area contributed by atoms with E-state index in [1.807, 2.05) is 6.92 Å². The summed E-state index contributed by atoms with van der Waals surface area (Å²) in [4.78, 5) is 24.1. The standard InChI is InChI=1S/C16H22ClN3O2/c1-2-19-16(22)13-5-4-12(17)9-14(13)20-15(21)6-3-11-7-8-18-10-11/h4-5,9,11,18H,2-3,6-8,10H2,1H3,(H,19,22)(H,20,21). The van der Waals surface area contributed by atoms with Crippen molar-refractivity contribution in [2.45, 2.75) is 26.2 Å². The summed E-state index contributed by atoms with van der Waals surface area (Å²) in [5.41, 5.74) is 0.898. The molecule has 0 radical (unpaired) electrons. The predicted molar refractivity (Wildman–Crippen MR) is 88.3 cm³/mol. The second-order valence-electron chi connectivity index (χ2n) is 5.50. The summed E-state index contributed by atoms with van der Waals surface area (Å²) < 4.78 is 0. The maximum atomic E-state index is 12.1. The fourth-order valence-electron chi connectivity index (χ4n) is 2.58. The number of benzene rings is 1. The highest BCUT2D eigenvalue weighted by Crippen LogP contribution is 2.22. The number of nitrogens with one attached hydrogen (secondary N) is 3. The maximum absolute atomic E-state index is 12.1. The number of halogens is 1. The summed E-state index contributed by atoms with van der Waals surface area (Å²) in [5, 5.41) is 9.32. The Morgan fingerprint density at radius 2 is 2.23 bits per heavy atom. The Morgan fingerprint density at radius 3 is 2.91 bits per heavy atom. The van der Waals surface area contributed by atoms with Gasteiger partial charge >= 0.3 is 0 Å². The number of hydrogen-bond donors (Lipinski definition) is 3. The summed E-state index contributed by atoms with van der Waals surface area (Å²) in [6.45, 7) is 4.39. The molecule has 0 spiro atoms. The van der Waals surface area contributed by atoms with Crippen molar-refractivity contribution in [3.05, 3.63) is 28.8 Å². The third-order valence-electron chi connectivity index (χ3n) is 3.78. The molecule has 0 saturated carbocycles. The van der Waals surface area contributed by atoms with Crippen molar-refractivity contribution in [1.29, 1.82) is 0 Å². The molecule has 120 valence electrons. The van der Waals surface area contributed by atoms with Crippen LogP contribution < -0.4 is 16.0 Å². The Hall–Kier alpha value is -1.59. The summed E-state index contributed by atoms with van der Waals surface area (Å²) in [6.07, 6.45) is 2.43. The van der Waals surface area contributed by atoms with Crippen LogP contribution in [0.4, 0.5) is 5.69 Å². The average Bonchev–Trinajstić information content (AvgIpc) is 2.99. The van der Waals surface area contributed by atoms with Crippen LogP contribution in [0.2, 0.25) is 5.02 Å². The molecule has 0 aromatic heterocycles. The molecule has 1 fully saturated rings. The molecule has 1 heterocycles. The Morgan fingerprint density at radius 1 is 1.41 bits per heavy atom. The van der Waals surface area contributed by atoms with E-state index in [-0.39, 0.29) is 11.8 Å². The Kier molecular flexibility index (Phi) is 6.21. The van der Waals surface area contributed by atoms with Gasteiger partial charge in [0.1, 0.15) is 0 Å². The molecule has 1 aliphatic rings. The molecule has 22 heavy (non-hydrogen) atoms. The minimum Gasteiger partial charge on any atom is -0.352 e. The molecule has 1 aromatic carbocycles. The van der Waals surface area contributed by atoms with Crippen molar-refractivity contribution in [1.82, 2.24) is 10.6 Å². The van der Waals surface area contributed by atoms with Gasteiger partial charge in [0.05, 0.1) is 11.3 Å². The predicted octanol–water partition coefficient (Wildman–Crippen LogP) is 2.42. The van der Waals surface area contributed by atoms with E-state index >= 15 is 0 Å². The van der Waals surface area contributed by atoms with Crippen LogP contribution in [-0.4, -0.2) is 31.4 Å². The monoisotopic (exact) mass is 323 g/mol. The Balaban J connectivity index is 1.99. The smallest absolute Gasteiger partial charge is 0.253 e. The molecule has 0 aliphatic carbocycles. The van der Waals surface area contributed by atoms with Gasteiger partial charge in [0, 0.05) is 18.0 Å². The van der Waals surface area contributed by atoms with Gasteiger partial charge in [-0.15, -0.1) is 0 Å². The van der Waals surface area contributed by atoms with Crippen molar-refractivity contribution in [2.75, 3.05) is 25.0 Å². The van der Waals surface area contributed by atoms with Crippen molar-refractivity contribution in [3.8, 4) is 0 Å². The maximum Gasteiger partial charge on any atom is 0.253 e. The van der Waals surface area contributed by atoms with Crippen LogP contribution in [0.1, 0.15) is 36.5 Å². The number of carbonyl (C=O) groups excluding carboxylic acids is 2. The van der Waals surface area contributed by atoms with E-state index in [4.69, 9.17) is 11.6 Å². The van der Waals surface area contributed by atoms with E-state index in [1.54, 1.807) is 18.2 Å². The quantitative estimate of drug-likeness (QED) is 0.753. The van der Waals surface area contributed by atoms with E-state index in [1.165, 1.54) is 0 Å². The minimum atomic E-state index is -0.213. The van der Waals surface area contributed by atoms with Gasteiger partial charge in [-0.25, -0.2) is 0 Å². The summed E-state index contributed by atoms with van der Waals surface area (Å²) in [5.74, 6) is 0.266. The van der Waals surface area contributed by atoms with Gasteiger partial charge in [-0.2, -0.15) is 0 Å². The number of anilines is 1. The third kappa shape index (κ3) is 4.71. The summed E-state index contributed by atoms with van der Waals surface area (Å²) >= 11 is 5.97. The van der Waals surface area contributed by atoms with Crippen LogP contribution in [0.3, 0.4) is 0 Å². The molecule has 1 unspecified atom stereocenters. The van der Waals surface area contributed by atoms with Crippen LogP contribution in [0.25, 0.3) is 0 Å². The topological polar surface area (TPSA) is 70.2 Å². The number of hydrogen-bond acceptors (Lipinski definition) is 3. The van der Waals surface area contributed by atoms with Gasteiger partial charge in [0.15, 0.2) is 0 Å². The lowest BCUT2D eigenvalue weighted by Gasteiger charge is -2.12. The summed E-state index contributed by atoms with van der Waals surface area (Å²) in [7, 11) is 0. The fourth-order valence-corrected chi connectivity index (χ4v) is 2.75. The summed E-state index contributed by atoms with van der Waals surface area (Å²) in [6, 6.07) is 4.89. The van der Waals surface area contributed by atoms with Gasteiger partial charge in [0.2, 0.25) is 5.91 Å². The first-order valence-electron chi connectivity index (χ1n) is 7.68. The van der Waals surface area contributed by atoms with Crippen LogP contribution in [-0.2, 0) is 4.79 Å². The van der Waals surface area contributed by atoms with Crippen LogP contribution >= 0.6 is 11.6 Å². The van der Waals surface area contributed by atoms with E-state index in [2.05, 4.69) is 16.0 Å². The van der Waals surface area contributed by atoms with Gasteiger partial charge < -0.3 is 16.0 Å². The zero-order chi connectivity index (χ0) is 15.9. The first-order chi connectivity index (χ1) is 10.6. The molecule has 1 aliphatic heterocycles. The van der Waals surface area contributed by atoms with Gasteiger partial charge in [-0.05, 0) is 57.0 Å². The largest absolute Gasteiger partial charge is 0.352 e. The van der Waals surface area contributed by atoms with Gasteiger partial charge in [0.25, 0.3) is 5.91 Å². The molecular formula is C16H22ClN3O2. The van der Waals surface area contributed by atoms with E-state index in [0.717, 1.165) is 25.9 Å². The molecule has 2 amide bonds. The van der Waals surface area contributed by atoms with Crippen LogP contribution in [0, 0.1) is 5.92 Å². The highest BCUT2D eigenvalue weighted by molar-refractivity contribution is 6.31. The molecule has 2 rings (SSSR count). The van der Waals surface area contributed by atoms with E-state index < -0.39 is 0 Å². The lowest BCUT2D eigenvalue weighted by Crippen LogP contribution is -2.25. The number of rotatable bonds is 6. The molecular weight excluding hydrogens is 302 g/mol. The molecule has 5 nitrogen and oxygen atoms in total. The zero-order valence-electron chi connectivity index (χ0n) is 12.7. The fraction of sp³-hybridized carbons (Fsp3) is 0.500. The lowest BCUT2D eigenvalue weighted by molar-refractivity contribution is -0.116. The third-order valence-corrected chi connectivity index (χ3v) is 4.01. The molecule has 6 heteroatoms. The van der Waals surface area contributed by atoms with Crippen molar-refractivity contribution in [3.63, 3.8) is 0 Å². The SMILES string of the molecule is CCNC(=O)c1ccc(Cl)cc1NC(=O)CCC1CCNC1. The Labute approximate surface area is 135 Å². The highest BCUT2D eigenvalue weighted by Gasteiger charge is 2.17. The van der Waals surface area contributed by atoms with Crippen LogP contribution in [0.5, 0.6) is 0 Å². The van der Waals surface area contributed by atoms with Crippen molar-refractivity contribution < 1.29 is 9.59 Å². The average molecular weight is 324 g/mol. The van der Waals surface area contributed by atoms with Crippen LogP contribution in [0.15, 0.2) is 18.2 Å². The lowest BCUT2D eigenvalue weighted by atomic mass is 10.0. The second kappa shape index (κ2) is 8.15. The van der Waals surface area contributed by atoms with Gasteiger partial charge in [-0.1, -0.05) is 11.6 Å². The van der Waals surface area contributed by atoms with Crippen molar-refractivity contribution >= 4 is 29.1 Å². The second-order valence-corrected chi connectivity index (χ2v) is 5.93. The van der Waals surface area contributed by atoms with Gasteiger partial charge in [-0.3, -0.25) is 9.59 Å². The first kappa shape index (κ1) is 16.8. The molecule has 1 saturated heterocycles. The first-order valence-corrected chi connectivity index (χ1v) is 8.06. The van der Waals surface area contributed by atoms with E-state index in [0.29, 0.717) is 35.2 Å². The Bertz CT molecular complexity index is 542. The number of carbonyl (C=O) groups is 2. The minimum absolute atomic E-state index is 0.0836. The molecule has 1 atom stereocenters. The molecule has 3 N–H and O–H groups in total. The normalized spacial score (nSPS) is 17.3. The van der Waals surface area contributed by atoms with Crippen molar-refractivity contribution in [2.24, 2.45) is 5.92 Å². The van der Waals surface area contributed by atoms with E-state index in [9.17, 15) is 9.59 Å². The highest BCUT2D eigenvalue weighted by atomic mass is 35.5. The molecule has 0 bridgehead atoms. The zero-order valence-corrected chi connectivity index (χ0v) is 13.5. The number of amides is 2. The molecule has 1 aromatic rings.